The molecule has 2 aliphatic heterocycles. The predicted molar refractivity (Wildman–Crippen MR) is 107 cm³/mol. The van der Waals surface area contributed by atoms with Crippen LogP contribution in [0.2, 0.25) is 0 Å². The smallest absolute Gasteiger partial charge is 0.321 e. The summed E-state index contributed by atoms with van der Waals surface area (Å²) in [4.78, 5) is 25.4. The lowest BCUT2D eigenvalue weighted by Crippen LogP contribution is -2.74. The Labute approximate surface area is 179 Å². The Morgan fingerprint density at radius 3 is 2.55 bits per heavy atom. The second-order valence-corrected chi connectivity index (χ2v) is 8.57. The van der Waals surface area contributed by atoms with Crippen molar-refractivity contribution < 1.29 is 23.8 Å². The first-order valence-electron chi connectivity index (χ1n) is 10.4. The van der Waals surface area contributed by atoms with Crippen LogP contribution in [-0.2, 0) is 14.3 Å². The van der Waals surface area contributed by atoms with Crippen molar-refractivity contribution in [2.24, 2.45) is 17.6 Å². The molecule has 1 aromatic rings. The molecule has 2 heterocycles. The van der Waals surface area contributed by atoms with Crippen LogP contribution in [0.4, 0.5) is 4.79 Å². The average Bonchev–Trinajstić information content (AvgIpc) is 3.21. The molecule has 31 heavy (non-hydrogen) atoms. The van der Waals surface area contributed by atoms with E-state index in [1.54, 1.807) is 7.11 Å². The fraction of sp³-hybridized carbons (Fsp3) is 0.500. The van der Waals surface area contributed by atoms with Gasteiger partial charge in [0.15, 0.2) is 5.79 Å². The number of imide groups is 1. The van der Waals surface area contributed by atoms with E-state index in [0.717, 1.165) is 5.56 Å². The molecule has 9 heteroatoms. The highest BCUT2D eigenvalue weighted by atomic mass is 16.7. The number of methoxy groups -OCH3 is 1. The monoisotopic (exact) mass is 424 g/mol. The van der Waals surface area contributed by atoms with Gasteiger partial charge in [0, 0.05) is 24.5 Å². The van der Waals surface area contributed by atoms with Gasteiger partial charge in [-0.2, -0.15) is 5.26 Å². The van der Waals surface area contributed by atoms with E-state index in [4.69, 9.17) is 19.9 Å². The maximum absolute atomic E-state index is 12.9. The Morgan fingerprint density at radius 1 is 1.19 bits per heavy atom. The van der Waals surface area contributed by atoms with Crippen molar-refractivity contribution >= 4 is 11.9 Å². The maximum Gasteiger partial charge on any atom is 0.321 e. The van der Waals surface area contributed by atoms with Gasteiger partial charge < -0.3 is 25.3 Å². The highest BCUT2D eigenvalue weighted by Gasteiger charge is 2.65. The van der Waals surface area contributed by atoms with E-state index in [1.807, 2.05) is 24.3 Å². The number of nitrogens with one attached hydrogen (secondary N) is 2. The number of hydrogen-bond donors (Lipinski definition) is 3. The summed E-state index contributed by atoms with van der Waals surface area (Å²) >= 11 is 0. The van der Waals surface area contributed by atoms with Gasteiger partial charge in [-0.1, -0.05) is 12.1 Å². The molecule has 3 amide bonds. The number of ether oxygens (including phenoxy) is 3. The fourth-order valence-corrected chi connectivity index (χ4v) is 5.92. The number of carbonyl (C=O) groups is 2. The molecule has 9 nitrogen and oxygen atoms in total. The Kier molecular flexibility index (Phi) is 4.46. The number of hydrogen-bond acceptors (Lipinski definition) is 7. The second kappa shape index (κ2) is 6.97. The van der Waals surface area contributed by atoms with Crippen LogP contribution in [-0.4, -0.2) is 43.6 Å². The molecule has 1 aromatic carbocycles. The van der Waals surface area contributed by atoms with Crippen molar-refractivity contribution in [2.45, 2.75) is 36.5 Å². The third-order valence-electron chi connectivity index (χ3n) is 7.22. The van der Waals surface area contributed by atoms with E-state index >= 15 is 0 Å². The van der Waals surface area contributed by atoms with Crippen LogP contribution in [0.15, 0.2) is 35.5 Å². The van der Waals surface area contributed by atoms with E-state index in [2.05, 4.69) is 16.7 Å². The molecule has 1 saturated carbocycles. The summed E-state index contributed by atoms with van der Waals surface area (Å²) in [6, 6.07) is 9.15. The molecule has 0 unspecified atom stereocenters. The number of nitrogens with zero attached hydrogens (tertiary/aromatic N) is 1. The van der Waals surface area contributed by atoms with Crippen LogP contribution in [0.3, 0.4) is 0 Å². The van der Waals surface area contributed by atoms with Crippen molar-refractivity contribution in [2.75, 3.05) is 20.3 Å². The number of urea groups is 1. The summed E-state index contributed by atoms with van der Waals surface area (Å²) in [5.74, 6) is -2.14. The van der Waals surface area contributed by atoms with E-state index < -0.39 is 35.1 Å². The van der Waals surface area contributed by atoms with Crippen LogP contribution in [0.1, 0.15) is 30.7 Å². The molecule has 5 rings (SSSR count). The number of benzene rings is 1. The number of carbonyl (C=O) groups excluding carboxylic acids is 2. The van der Waals surface area contributed by atoms with Gasteiger partial charge in [0.1, 0.15) is 11.7 Å². The normalized spacial score (nSPS) is 33.7. The molecule has 0 radical (unpaired) electrons. The minimum Gasteiger partial charge on any atom is -0.497 e. The standard InChI is InChI=1S/C22H24N4O5/c1-29-13-4-2-12(3-5-13)16-14(11-23)18(24)17-19(27)25-20(28)26-22(17)7-6-21(10-15(16)22)30-8-9-31-21/h2-5,15-17H,6-10,24H2,1H3,(H2,25,26,27,28)/t15-,16+,17-,22-/m0/s1. The van der Waals surface area contributed by atoms with Gasteiger partial charge in [0.2, 0.25) is 5.91 Å². The number of allylic oxidation sites excluding steroid dienone is 1. The van der Waals surface area contributed by atoms with Crippen LogP contribution in [0.5, 0.6) is 5.75 Å². The lowest BCUT2D eigenvalue weighted by molar-refractivity contribution is -0.206. The Bertz CT molecular complexity index is 1010. The molecule has 2 saturated heterocycles. The SMILES string of the molecule is COc1ccc([C@@H]2C(C#N)=C(N)[C@H]3C(=O)NC(=O)N[C@]34CCC3(C[C@@H]24)OCCO3)cc1. The molecule has 2 aliphatic carbocycles. The van der Waals surface area contributed by atoms with Crippen molar-refractivity contribution in [3.8, 4) is 11.8 Å². The van der Waals surface area contributed by atoms with E-state index in [9.17, 15) is 14.9 Å². The molecule has 0 bridgehead atoms. The molecule has 0 aromatic heterocycles. The minimum absolute atomic E-state index is 0.210. The third kappa shape index (κ3) is 2.82. The molecular formula is C22H24N4O5. The van der Waals surface area contributed by atoms with Crippen LogP contribution in [0, 0.1) is 23.2 Å². The van der Waals surface area contributed by atoms with Crippen LogP contribution in [0.25, 0.3) is 0 Å². The first-order chi connectivity index (χ1) is 14.9. The van der Waals surface area contributed by atoms with E-state index in [0.29, 0.717) is 43.8 Å². The highest BCUT2D eigenvalue weighted by molar-refractivity contribution is 6.01. The zero-order chi connectivity index (χ0) is 21.8. The Hall–Kier alpha value is -3.09. The van der Waals surface area contributed by atoms with Crippen molar-refractivity contribution in [1.29, 1.82) is 5.26 Å². The first-order valence-corrected chi connectivity index (χ1v) is 10.4. The highest BCUT2D eigenvalue weighted by Crippen LogP contribution is 2.58. The predicted octanol–water partition coefficient (Wildman–Crippen LogP) is 1.27. The van der Waals surface area contributed by atoms with Crippen molar-refractivity contribution in [3.05, 3.63) is 41.1 Å². The molecule has 4 N–H and O–H groups in total. The molecule has 2 spiro atoms. The number of nitriles is 1. The summed E-state index contributed by atoms with van der Waals surface area (Å²) < 4.78 is 17.3. The molecular weight excluding hydrogens is 400 g/mol. The topological polar surface area (TPSA) is 136 Å². The van der Waals surface area contributed by atoms with Crippen LogP contribution >= 0.6 is 0 Å². The van der Waals surface area contributed by atoms with Crippen molar-refractivity contribution in [1.82, 2.24) is 10.6 Å². The number of rotatable bonds is 2. The van der Waals surface area contributed by atoms with E-state index in [-0.39, 0.29) is 11.6 Å². The van der Waals surface area contributed by atoms with Gasteiger partial charge in [0.05, 0.1) is 37.5 Å². The lowest BCUT2D eigenvalue weighted by Gasteiger charge is -2.58. The molecule has 162 valence electrons. The van der Waals surface area contributed by atoms with Gasteiger partial charge in [-0.3, -0.25) is 10.1 Å². The molecule has 4 aliphatic rings. The number of amides is 3. The van der Waals surface area contributed by atoms with Gasteiger partial charge in [0.25, 0.3) is 0 Å². The Balaban J connectivity index is 1.70. The Morgan fingerprint density at radius 2 is 1.90 bits per heavy atom. The largest absolute Gasteiger partial charge is 0.497 e. The van der Waals surface area contributed by atoms with Gasteiger partial charge in [-0.15, -0.1) is 0 Å². The summed E-state index contributed by atoms with van der Waals surface area (Å²) in [6.07, 6.45) is 1.41. The third-order valence-corrected chi connectivity index (χ3v) is 7.22. The summed E-state index contributed by atoms with van der Waals surface area (Å²) in [7, 11) is 1.59. The average molecular weight is 424 g/mol. The number of nitrogens with two attached hydrogens (primary N) is 1. The zero-order valence-electron chi connectivity index (χ0n) is 17.1. The molecule has 4 atom stereocenters. The second-order valence-electron chi connectivity index (χ2n) is 8.57. The maximum atomic E-state index is 12.9. The zero-order valence-corrected chi connectivity index (χ0v) is 17.1. The summed E-state index contributed by atoms with van der Waals surface area (Å²) in [5, 5.41) is 15.4. The summed E-state index contributed by atoms with van der Waals surface area (Å²) in [6.45, 7) is 0.985. The molecule has 3 fully saturated rings. The van der Waals surface area contributed by atoms with E-state index in [1.165, 1.54) is 0 Å². The minimum atomic E-state index is -0.922. The van der Waals surface area contributed by atoms with Gasteiger partial charge in [-0.25, -0.2) is 4.79 Å². The van der Waals surface area contributed by atoms with Crippen molar-refractivity contribution in [3.63, 3.8) is 0 Å². The summed E-state index contributed by atoms with van der Waals surface area (Å²) in [5.41, 5.74) is 6.96. The van der Waals surface area contributed by atoms with Gasteiger partial charge in [-0.05, 0) is 30.0 Å². The lowest BCUT2D eigenvalue weighted by atomic mass is 9.53. The fourth-order valence-electron chi connectivity index (χ4n) is 5.92. The van der Waals surface area contributed by atoms with Crippen LogP contribution < -0.4 is 21.1 Å². The first kappa shape index (κ1) is 19.8. The van der Waals surface area contributed by atoms with Gasteiger partial charge >= 0.3 is 6.03 Å². The quantitative estimate of drug-likeness (QED) is 0.650.